The lowest BCUT2D eigenvalue weighted by atomic mass is 10.1. The fourth-order valence-corrected chi connectivity index (χ4v) is 1.91. The average molecular weight is 340 g/mol. The maximum atomic E-state index is 12.9. The van der Waals surface area contributed by atoms with Gasteiger partial charge in [-0.25, -0.2) is 5.06 Å². The number of rotatable bonds is 4. The van der Waals surface area contributed by atoms with E-state index < -0.39 is 23.2 Å². The number of hydrogen-bond acceptors (Lipinski definition) is 2. The molecule has 19 heavy (non-hydrogen) atoms. The normalized spacial score (nSPS) is 11.5. The van der Waals surface area contributed by atoms with Crippen LogP contribution < -0.4 is 0 Å². The topological polar surface area (TPSA) is 29.5 Å². The Labute approximate surface area is 117 Å². The molecule has 0 fully saturated rings. The molecule has 7 heteroatoms. The van der Waals surface area contributed by atoms with Gasteiger partial charge in [-0.05, 0) is 24.6 Å². The van der Waals surface area contributed by atoms with Gasteiger partial charge in [-0.15, -0.1) is 0 Å². The summed E-state index contributed by atoms with van der Waals surface area (Å²) in [5.74, 6) is -0.802. The summed E-state index contributed by atoms with van der Waals surface area (Å²) in [6.07, 6.45) is -4.02. The van der Waals surface area contributed by atoms with E-state index in [2.05, 4.69) is 15.9 Å². The van der Waals surface area contributed by atoms with Crippen molar-refractivity contribution in [1.29, 1.82) is 0 Å². The van der Waals surface area contributed by atoms with Gasteiger partial charge in [0.25, 0.3) is 5.91 Å². The molecule has 0 N–H and O–H groups in total. The Hall–Kier alpha value is -1.08. The summed E-state index contributed by atoms with van der Waals surface area (Å²) in [6.45, 7) is 2.02. The SMILES string of the molecule is CCCN(OC)C(=O)c1ccc(Br)cc1C(F)(F)F. The molecule has 1 aromatic carbocycles. The number of hydrogen-bond donors (Lipinski definition) is 0. The van der Waals surface area contributed by atoms with E-state index in [1.54, 1.807) is 6.92 Å². The Balaban J connectivity index is 3.22. The Kier molecular flexibility index (Phi) is 5.37. The molecule has 0 aliphatic rings. The number of benzene rings is 1. The first kappa shape index (κ1) is 16.0. The number of hydroxylamine groups is 2. The molecular formula is C12H13BrF3NO2. The van der Waals surface area contributed by atoms with Crippen molar-refractivity contribution >= 4 is 21.8 Å². The van der Waals surface area contributed by atoms with Crippen molar-refractivity contribution in [3.05, 3.63) is 33.8 Å². The van der Waals surface area contributed by atoms with Gasteiger partial charge in [0.15, 0.2) is 0 Å². The molecule has 0 unspecified atom stereocenters. The Morgan fingerprint density at radius 1 is 1.42 bits per heavy atom. The van der Waals surface area contributed by atoms with Crippen molar-refractivity contribution in [2.75, 3.05) is 13.7 Å². The standard InChI is InChI=1S/C12H13BrF3NO2/c1-3-6-17(19-2)11(18)9-5-4-8(13)7-10(9)12(14,15)16/h4-5,7H,3,6H2,1-2H3. The summed E-state index contributed by atoms with van der Waals surface area (Å²) < 4.78 is 39.0. The zero-order valence-electron chi connectivity index (χ0n) is 10.4. The molecule has 0 radical (unpaired) electrons. The molecule has 0 spiro atoms. The predicted molar refractivity (Wildman–Crippen MR) is 67.5 cm³/mol. The quantitative estimate of drug-likeness (QED) is 0.779. The lowest BCUT2D eigenvalue weighted by molar-refractivity contribution is -0.138. The van der Waals surface area contributed by atoms with Crippen molar-refractivity contribution in [2.24, 2.45) is 0 Å². The highest BCUT2D eigenvalue weighted by Crippen LogP contribution is 2.34. The number of alkyl halides is 3. The minimum atomic E-state index is -4.60. The van der Waals surface area contributed by atoms with Gasteiger partial charge in [0, 0.05) is 11.0 Å². The van der Waals surface area contributed by atoms with Crippen LogP contribution in [0.4, 0.5) is 13.2 Å². The third-order valence-corrected chi connectivity index (χ3v) is 2.88. The van der Waals surface area contributed by atoms with Gasteiger partial charge in [-0.3, -0.25) is 9.63 Å². The second-order valence-electron chi connectivity index (χ2n) is 3.78. The van der Waals surface area contributed by atoms with E-state index >= 15 is 0 Å². The van der Waals surface area contributed by atoms with Crippen LogP contribution in [0.1, 0.15) is 29.3 Å². The molecule has 0 aliphatic heterocycles. The third kappa shape index (κ3) is 3.94. The molecule has 0 atom stereocenters. The van der Waals surface area contributed by atoms with E-state index in [4.69, 9.17) is 4.84 Å². The first-order valence-electron chi connectivity index (χ1n) is 5.54. The zero-order valence-corrected chi connectivity index (χ0v) is 12.0. The second-order valence-corrected chi connectivity index (χ2v) is 4.69. The first-order valence-corrected chi connectivity index (χ1v) is 6.33. The largest absolute Gasteiger partial charge is 0.417 e. The molecule has 1 rings (SSSR count). The highest BCUT2D eigenvalue weighted by Gasteiger charge is 2.36. The number of carbonyl (C=O) groups excluding carboxylic acids is 1. The van der Waals surface area contributed by atoms with Crippen LogP contribution in [0.15, 0.2) is 22.7 Å². The molecule has 0 heterocycles. The molecule has 0 saturated heterocycles. The fourth-order valence-electron chi connectivity index (χ4n) is 1.55. The average Bonchev–Trinajstić information content (AvgIpc) is 2.34. The molecule has 106 valence electrons. The van der Waals surface area contributed by atoms with Crippen LogP contribution in [0.25, 0.3) is 0 Å². The maximum Gasteiger partial charge on any atom is 0.417 e. The van der Waals surface area contributed by atoms with Crippen LogP contribution in [-0.4, -0.2) is 24.6 Å². The fraction of sp³-hybridized carbons (Fsp3) is 0.417. The van der Waals surface area contributed by atoms with Crippen molar-refractivity contribution in [2.45, 2.75) is 19.5 Å². The van der Waals surface area contributed by atoms with Crippen molar-refractivity contribution in [3.63, 3.8) is 0 Å². The van der Waals surface area contributed by atoms with Gasteiger partial charge >= 0.3 is 6.18 Å². The number of amides is 1. The summed E-state index contributed by atoms with van der Waals surface area (Å²) in [4.78, 5) is 16.8. The molecule has 0 aromatic heterocycles. The molecule has 1 amide bonds. The predicted octanol–water partition coefficient (Wildman–Crippen LogP) is 3.88. The summed E-state index contributed by atoms with van der Waals surface area (Å²) in [5, 5.41) is 0.915. The third-order valence-electron chi connectivity index (χ3n) is 2.39. The van der Waals surface area contributed by atoms with Gasteiger partial charge in [-0.1, -0.05) is 22.9 Å². The molecule has 0 saturated carbocycles. The molecule has 0 aliphatic carbocycles. The van der Waals surface area contributed by atoms with Crippen molar-refractivity contribution in [1.82, 2.24) is 5.06 Å². The van der Waals surface area contributed by atoms with Crippen LogP contribution in [0, 0.1) is 0 Å². The summed E-state index contributed by atoms with van der Waals surface area (Å²) in [6, 6.07) is 3.41. The monoisotopic (exact) mass is 339 g/mol. The van der Waals surface area contributed by atoms with E-state index in [0.717, 1.165) is 17.2 Å². The number of halogens is 4. The number of carbonyl (C=O) groups is 1. The lowest BCUT2D eigenvalue weighted by Crippen LogP contribution is -2.32. The maximum absolute atomic E-state index is 12.9. The summed E-state index contributed by atoms with van der Waals surface area (Å²) in [7, 11) is 1.25. The van der Waals surface area contributed by atoms with E-state index in [0.29, 0.717) is 6.42 Å². The molecule has 1 aromatic rings. The van der Waals surface area contributed by atoms with Crippen LogP contribution in [-0.2, 0) is 11.0 Å². The van der Waals surface area contributed by atoms with Crippen LogP contribution in [0.5, 0.6) is 0 Å². The second kappa shape index (κ2) is 6.38. The lowest BCUT2D eigenvalue weighted by Gasteiger charge is -2.21. The van der Waals surface area contributed by atoms with E-state index in [1.165, 1.54) is 13.2 Å². The minimum Gasteiger partial charge on any atom is -0.274 e. The van der Waals surface area contributed by atoms with E-state index in [1.807, 2.05) is 0 Å². The van der Waals surface area contributed by atoms with Gasteiger partial charge < -0.3 is 0 Å². The number of nitrogens with zero attached hydrogens (tertiary/aromatic N) is 1. The molecular weight excluding hydrogens is 327 g/mol. The van der Waals surface area contributed by atoms with E-state index in [-0.39, 0.29) is 11.0 Å². The van der Waals surface area contributed by atoms with Crippen molar-refractivity contribution in [3.8, 4) is 0 Å². The van der Waals surface area contributed by atoms with E-state index in [9.17, 15) is 18.0 Å². The first-order chi connectivity index (χ1) is 8.81. The van der Waals surface area contributed by atoms with Gasteiger partial charge in [0.2, 0.25) is 0 Å². The Morgan fingerprint density at radius 2 is 2.05 bits per heavy atom. The molecule has 3 nitrogen and oxygen atoms in total. The summed E-state index contributed by atoms with van der Waals surface area (Å²) in [5.41, 5.74) is -1.41. The molecule has 0 bridgehead atoms. The van der Waals surface area contributed by atoms with Gasteiger partial charge in [-0.2, -0.15) is 13.2 Å². The van der Waals surface area contributed by atoms with Crippen molar-refractivity contribution < 1.29 is 22.8 Å². The van der Waals surface area contributed by atoms with Crippen LogP contribution in [0.2, 0.25) is 0 Å². The Bertz CT molecular complexity index is 463. The Morgan fingerprint density at radius 3 is 2.53 bits per heavy atom. The highest BCUT2D eigenvalue weighted by molar-refractivity contribution is 9.10. The smallest absolute Gasteiger partial charge is 0.274 e. The van der Waals surface area contributed by atoms with Crippen LogP contribution >= 0.6 is 15.9 Å². The highest BCUT2D eigenvalue weighted by atomic mass is 79.9. The van der Waals surface area contributed by atoms with Crippen LogP contribution in [0.3, 0.4) is 0 Å². The summed E-state index contributed by atoms with van der Waals surface area (Å²) >= 11 is 2.97. The zero-order chi connectivity index (χ0) is 14.6. The minimum absolute atomic E-state index is 0.225. The van der Waals surface area contributed by atoms with Gasteiger partial charge in [0.1, 0.15) is 0 Å². The van der Waals surface area contributed by atoms with Gasteiger partial charge in [0.05, 0.1) is 18.2 Å².